The Balaban J connectivity index is 1.70. The zero-order valence-corrected chi connectivity index (χ0v) is 15.4. The molecule has 1 aromatic carbocycles. The van der Waals surface area contributed by atoms with Crippen molar-refractivity contribution >= 4 is 17.7 Å². The first-order chi connectivity index (χ1) is 12.4. The average molecular weight is 362 g/mol. The van der Waals surface area contributed by atoms with Gasteiger partial charge in [-0.25, -0.2) is 4.79 Å². The smallest absolute Gasteiger partial charge is 0.321 e. The molecular weight excluding hydrogens is 336 g/mol. The van der Waals surface area contributed by atoms with Crippen LogP contribution >= 0.6 is 0 Å². The predicted octanol–water partition coefficient (Wildman–Crippen LogP) is 3.20. The van der Waals surface area contributed by atoms with Crippen molar-refractivity contribution < 1.29 is 24.2 Å². The number of carbonyl (C=O) groups excluding carboxylic acids is 1. The highest BCUT2D eigenvalue weighted by atomic mass is 16.5. The number of hydrogen-bond donors (Lipinski definition) is 2. The van der Waals surface area contributed by atoms with Crippen molar-refractivity contribution in [3.05, 3.63) is 18.2 Å². The number of anilines is 1. The van der Waals surface area contributed by atoms with Crippen LogP contribution in [0.5, 0.6) is 11.5 Å². The SMILES string of the molecule is COc1cc(NC(=O)N2C[C@@H]3CCC[C@@]3(C(=O)O)C2)ccc1OC(C)C. The van der Waals surface area contributed by atoms with Gasteiger partial charge in [-0.05, 0) is 44.7 Å². The topological polar surface area (TPSA) is 88.1 Å². The van der Waals surface area contributed by atoms with E-state index < -0.39 is 11.4 Å². The molecule has 1 aromatic rings. The van der Waals surface area contributed by atoms with Crippen molar-refractivity contribution in [2.45, 2.75) is 39.2 Å². The second kappa shape index (κ2) is 7.05. The quantitative estimate of drug-likeness (QED) is 0.840. The number of rotatable bonds is 5. The number of carboxylic acid groups (broad SMARTS) is 1. The second-order valence-electron chi connectivity index (χ2n) is 7.39. The molecule has 0 unspecified atom stereocenters. The van der Waals surface area contributed by atoms with Crippen LogP contribution in [0.15, 0.2) is 18.2 Å². The summed E-state index contributed by atoms with van der Waals surface area (Å²) in [6.45, 7) is 4.61. The van der Waals surface area contributed by atoms with Gasteiger partial charge in [-0.1, -0.05) is 6.42 Å². The van der Waals surface area contributed by atoms with Crippen LogP contribution < -0.4 is 14.8 Å². The molecule has 1 aliphatic carbocycles. The number of methoxy groups -OCH3 is 1. The molecule has 2 fully saturated rings. The number of nitrogens with zero attached hydrogens (tertiary/aromatic N) is 1. The van der Waals surface area contributed by atoms with Crippen molar-refractivity contribution in [3.63, 3.8) is 0 Å². The molecule has 0 bridgehead atoms. The molecule has 2 amide bonds. The monoisotopic (exact) mass is 362 g/mol. The summed E-state index contributed by atoms with van der Waals surface area (Å²) in [5.41, 5.74) is -0.186. The van der Waals surface area contributed by atoms with Crippen LogP contribution in [0.25, 0.3) is 0 Å². The fraction of sp³-hybridized carbons (Fsp3) is 0.579. The van der Waals surface area contributed by atoms with Gasteiger partial charge in [0.2, 0.25) is 0 Å². The highest BCUT2D eigenvalue weighted by Crippen LogP contribution is 2.49. The van der Waals surface area contributed by atoms with Crippen LogP contribution in [-0.2, 0) is 4.79 Å². The van der Waals surface area contributed by atoms with Crippen LogP contribution in [0.2, 0.25) is 0 Å². The van der Waals surface area contributed by atoms with E-state index in [1.54, 1.807) is 30.2 Å². The highest BCUT2D eigenvalue weighted by molar-refractivity contribution is 5.91. The summed E-state index contributed by atoms with van der Waals surface area (Å²) in [5, 5.41) is 12.5. The molecule has 2 atom stereocenters. The fourth-order valence-electron chi connectivity index (χ4n) is 4.09. The van der Waals surface area contributed by atoms with E-state index in [0.29, 0.717) is 30.2 Å². The van der Waals surface area contributed by atoms with E-state index in [9.17, 15) is 14.7 Å². The van der Waals surface area contributed by atoms with Crippen molar-refractivity contribution in [1.82, 2.24) is 4.90 Å². The van der Waals surface area contributed by atoms with Gasteiger partial charge in [-0.2, -0.15) is 0 Å². The van der Waals surface area contributed by atoms with E-state index in [4.69, 9.17) is 9.47 Å². The van der Waals surface area contributed by atoms with Crippen LogP contribution in [0.3, 0.4) is 0 Å². The summed E-state index contributed by atoms with van der Waals surface area (Å²) in [4.78, 5) is 26.0. The number of amides is 2. The number of likely N-dealkylation sites (tertiary alicyclic amines) is 1. The van der Waals surface area contributed by atoms with Crippen LogP contribution in [0.1, 0.15) is 33.1 Å². The minimum absolute atomic E-state index is 0.0144. The summed E-state index contributed by atoms with van der Waals surface area (Å²) in [6.07, 6.45) is 2.44. The fourth-order valence-corrected chi connectivity index (χ4v) is 4.09. The Morgan fingerprint density at radius 3 is 2.73 bits per heavy atom. The molecule has 3 rings (SSSR count). The van der Waals surface area contributed by atoms with E-state index >= 15 is 0 Å². The molecule has 1 aliphatic heterocycles. The van der Waals surface area contributed by atoms with Crippen molar-refractivity contribution in [2.24, 2.45) is 11.3 Å². The minimum Gasteiger partial charge on any atom is -0.493 e. The Labute approximate surface area is 153 Å². The first-order valence-corrected chi connectivity index (χ1v) is 9.00. The summed E-state index contributed by atoms with van der Waals surface area (Å²) in [6, 6.07) is 4.94. The molecular formula is C19H26N2O5. The van der Waals surface area contributed by atoms with Crippen LogP contribution in [0, 0.1) is 11.3 Å². The van der Waals surface area contributed by atoms with Crippen molar-refractivity contribution in [3.8, 4) is 11.5 Å². The summed E-state index contributed by atoms with van der Waals surface area (Å²) >= 11 is 0. The standard InChI is InChI=1S/C19H26N2O5/c1-12(2)26-15-7-6-14(9-16(15)25-3)20-18(24)21-10-13-5-4-8-19(13,11-21)17(22)23/h6-7,9,12-13H,4-5,8,10-11H2,1-3H3,(H,20,24)(H,22,23)/t13-,19+/m0/s1. The third-order valence-electron chi connectivity index (χ3n) is 5.36. The molecule has 2 aliphatic rings. The molecule has 2 N–H and O–H groups in total. The van der Waals surface area contributed by atoms with Crippen molar-refractivity contribution in [1.29, 1.82) is 0 Å². The predicted molar refractivity (Wildman–Crippen MR) is 96.8 cm³/mol. The number of urea groups is 1. The molecule has 0 aromatic heterocycles. The maximum Gasteiger partial charge on any atom is 0.321 e. The average Bonchev–Trinajstić information content (AvgIpc) is 3.14. The molecule has 26 heavy (non-hydrogen) atoms. The molecule has 0 radical (unpaired) electrons. The molecule has 7 heteroatoms. The molecule has 1 heterocycles. The van der Waals surface area contributed by atoms with Gasteiger partial charge < -0.3 is 24.8 Å². The number of benzene rings is 1. The Kier molecular flexibility index (Phi) is 4.98. The molecule has 0 spiro atoms. The van der Waals surface area contributed by atoms with Crippen LogP contribution in [-0.4, -0.2) is 48.3 Å². The zero-order chi connectivity index (χ0) is 18.9. The normalized spacial score (nSPS) is 24.5. The first-order valence-electron chi connectivity index (χ1n) is 9.00. The molecule has 7 nitrogen and oxygen atoms in total. The number of ether oxygens (including phenoxy) is 2. The van der Waals surface area contributed by atoms with Gasteiger partial charge in [0.15, 0.2) is 11.5 Å². The van der Waals surface area contributed by atoms with Gasteiger partial charge in [-0.15, -0.1) is 0 Å². The summed E-state index contributed by atoms with van der Waals surface area (Å²) < 4.78 is 11.0. The maximum absolute atomic E-state index is 12.6. The largest absolute Gasteiger partial charge is 0.493 e. The number of aliphatic carboxylic acids is 1. The zero-order valence-electron chi connectivity index (χ0n) is 15.4. The number of carboxylic acids is 1. The van der Waals surface area contributed by atoms with Crippen LogP contribution in [0.4, 0.5) is 10.5 Å². The lowest BCUT2D eigenvalue weighted by Crippen LogP contribution is -2.38. The van der Waals surface area contributed by atoms with E-state index in [1.165, 1.54) is 0 Å². The highest BCUT2D eigenvalue weighted by Gasteiger charge is 2.55. The Morgan fingerprint density at radius 2 is 2.12 bits per heavy atom. The lowest BCUT2D eigenvalue weighted by molar-refractivity contribution is -0.149. The third-order valence-corrected chi connectivity index (χ3v) is 5.36. The van der Waals surface area contributed by atoms with E-state index in [2.05, 4.69) is 5.32 Å². The van der Waals surface area contributed by atoms with Gasteiger partial charge in [0.1, 0.15) is 0 Å². The van der Waals surface area contributed by atoms with Gasteiger partial charge in [0, 0.05) is 24.8 Å². The minimum atomic E-state index is -0.785. The van der Waals surface area contributed by atoms with Gasteiger partial charge >= 0.3 is 12.0 Å². The second-order valence-corrected chi connectivity index (χ2v) is 7.39. The summed E-state index contributed by atoms with van der Waals surface area (Å²) in [7, 11) is 1.55. The third kappa shape index (κ3) is 3.30. The van der Waals surface area contributed by atoms with Gasteiger partial charge in [0.25, 0.3) is 0 Å². The number of fused-ring (bicyclic) bond motifs is 1. The molecule has 142 valence electrons. The Bertz CT molecular complexity index is 705. The lowest BCUT2D eigenvalue weighted by Gasteiger charge is -2.23. The van der Waals surface area contributed by atoms with Gasteiger partial charge in [0.05, 0.1) is 18.6 Å². The lowest BCUT2D eigenvalue weighted by atomic mass is 9.81. The Morgan fingerprint density at radius 1 is 1.35 bits per heavy atom. The Hall–Kier alpha value is -2.44. The number of carbonyl (C=O) groups is 2. The summed E-state index contributed by atoms with van der Waals surface area (Å²) in [5.74, 6) is 0.409. The number of nitrogens with one attached hydrogen (secondary N) is 1. The maximum atomic E-state index is 12.6. The van der Waals surface area contributed by atoms with Crippen molar-refractivity contribution in [2.75, 3.05) is 25.5 Å². The molecule has 1 saturated carbocycles. The van der Waals surface area contributed by atoms with E-state index in [1.807, 2.05) is 13.8 Å². The molecule has 1 saturated heterocycles. The van der Waals surface area contributed by atoms with E-state index in [0.717, 1.165) is 12.8 Å². The van der Waals surface area contributed by atoms with E-state index in [-0.39, 0.29) is 24.6 Å². The van der Waals surface area contributed by atoms with Gasteiger partial charge in [-0.3, -0.25) is 4.79 Å². The number of hydrogen-bond acceptors (Lipinski definition) is 4. The first kappa shape index (κ1) is 18.4.